The molecule has 8 heteroatoms. The van der Waals surface area contributed by atoms with Crippen LogP contribution in [0.4, 0.5) is 0 Å². The Balaban J connectivity index is 0.00000176. The molecule has 3 heterocycles. The first-order valence-corrected chi connectivity index (χ1v) is 8.75. The molecule has 0 radical (unpaired) electrons. The molecule has 0 aliphatic carbocycles. The van der Waals surface area contributed by atoms with Gasteiger partial charge in [0.05, 0.1) is 5.75 Å². The predicted molar refractivity (Wildman–Crippen MR) is 89.6 cm³/mol. The van der Waals surface area contributed by atoms with Gasteiger partial charge in [-0.05, 0) is 32.2 Å². The Labute approximate surface area is 141 Å². The van der Waals surface area contributed by atoms with Crippen LogP contribution in [0.5, 0.6) is 0 Å². The number of amides is 1. The molecule has 1 aromatic heterocycles. The van der Waals surface area contributed by atoms with Crippen LogP contribution in [-0.4, -0.2) is 57.5 Å². The largest absolute Gasteiger partial charge is 0.342 e. The Hall–Kier alpha value is -0.790. The number of hydrogen-bond acceptors (Lipinski definition) is 5. The molecular formula is C14H24ClN5OS. The van der Waals surface area contributed by atoms with Gasteiger partial charge in [0, 0.05) is 32.6 Å². The summed E-state index contributed by atoms with van der Waals surface area (Å²) >= 11 is 1.50. The number of nitrogens with zero attached hydrogens (tertiary/aromatic N) is 4. The molecule has 2 aliphatic rings. The van der Waals surface area contributed by atoms with E-state index in [2.05, 4.69) is 20.1 Å². The topological polar surface area (TPSA) is 63.1 Å². The summed E-state index contributed by atoms with van der Waals surface area (Å²) in [5, 5.41) is 12.9. The molecule has 1 aromatic rings. The summed E-state index contributed by atoms with van der Waals surface area (Å²) in [7, 11) is 2.01. The average Bonchev–Trinajstić information content (AvgIpc) is 3.16. The molecule has 0 spiro atoms. The number of piperidine rings is 1. The van der Waals surface area contributed by atoms with Crippen LogP contribution in [0, 0.1) is 0 Å². The first kappa shape index (κ1) is 17.6. The van der Waals surface area contributed by atoms with E-state index in [1.807, 2.05) is 11.9 Å². The Bertz CT molecular complexity index is 497. The zero-order valence-corrected chi connectivity index (χ0v) is 14.6. The Morgan fingerprint density at radius 2 is 2.09 bits per heavy atom. The number of halogens is 1. The number of carbonyl (C=O) groups is 1. The summed E-state index contributed by atoms with van der Waals surface area (Å²) in [6.07, 6.45) is 4.63. The van der Waals surface area contributed by atoms with Gasteiger partial charge in [-0.15, -0.1) is 22.6 Å². The monoisotopic (exact) mass is 345 g/mol. The van der Waals surface area contributed by atoms with Crippen molar-refractivity contribution in [3.8, 4) is 0 Å². The third-order valence-electron chi connectivity index (χ3n) is 4.31. The molecule has 1 N–H and O–H groups in total. The zero-order chi connectivity index (χ0) is 14.7. The number of thioether (sulfide) groups is 1. The molecule has 0 aromatic carbocycles. The van der Waals surface area contributed by atoms with Crippen molar-refractivity contribution in [2.24, 2.45) is 7.05 Å². The normalized spacial score (nSPS) is 21.7. The van der Waals surface area contributed by atoms with E-state index in [0.717, 1.165) is 56.4 Å². The van der Waals surface area contributed by atoms with Gasteiger partial charge in [0.15, 0.2) is 5.16 Å². The minimum absolute atomic E-state index is 0. The number of rotatable bonds is 4. The third-order valence-corrected chi connectivity index (χ3v) is 5.32. The Kier molecular flexibility index (Phi) is 6.52. The number of nitrogens with one attached hydrogen (secondary N) is 1. The lowest BCUT2D eigenvalue weighted by molar-refractivity contribution is -0.127. The van der Waals surface area contributed by atoms with E-state index in [-0.39, 0.29) is 18.3 Å². The minimum Gasteiger partial charge on any atom is -0.342 e. The molecule has 2 saturated heterocycles. The van der Waals surface area contributed by atoms with Crippen LogP contribution in [0.3, 0.4) is 0 Å². The van der Waals surface area contributed by atoms with Gasteiger partial charge in [-0.2, -0.15) is 0 Å². The quantitative estimate of drug-likeness (QED) is 0.836. The van der Waals surface area contributed by atoms with Crippen molar-refractivity contribution < 1.29 is 4.79 Å². The molecule has 2 aliphatic heterocycles. The van der Waals surface area contributed by atoms with Crippen LogP contribution in [0.2, 0.25) is 0 Å². The molecule has 6 nitrogen and oxygen atoms in total. The van der Waals surface area contributed by atoms with Crippen LogP contribution in [-0.2, 0) is 11.8 Å². The maximum Gasteiger partial charge on any atom is 0.233 e. The first-order chi connectivity index (χ1) is 10.3. The molecule has 3 rings (SSSR count). The van der Waals surface area contributed by atoms with Gasteiger partial charge in [-0.1, -0.05) is 11.8 Å². The van der Waals surface area contributed by atoms with Crippen molar-refractivity contribution in [1.29, 1.82) is 0 Å². The molecule has 0 saturated carbocycles. The second-order valence-electron chi connectivity index (χ2n) is 5.82. The lowest BCUT2D eigenvalue weighted by atomic mass is 9.99. The van der Waals surface area contributed by atoms with E-state index in [9.17, 15) is 4.79 Å². The van der Waals surface area contributed by atoms with E-state index in [1.54, 1.807) is 0 Å². The van der Waals surface area contributed by atoms with Crippen LogP contribution in [0.15, 0.2) is 5.16 Å². The molecule has 1 amide bonds. The fourth-order valence-electron chi connectivity index (χ4n) is 3.06. The lowest BCUT2D eigenvalue weighted by Crippen LogP contribution is -2.30. The van der Waals surface area contributed by atoms with Crippen LogP contribution < -0.4 is 5.32 Å². The number of likely N-dealkylation sites (tertiary alicyclic amines) is 1. The van der Waals surface area contributed by atoms with Crippen molar-refractivity contribution in [3.05, 3.63) is 5.82 Å². The summed E-state index contributed by atoms with van der Waals surface area (Å²) in [4.78, 5) is 14.0. The van der Waals surface area contributed by atoms with Crippen LogP contribution >= 0.6 is 24.2 Å². The van der Waals surface area contributed by atoms with Gasteiger partial charge >= 0.3 is 0 Å². The van der Waals surface area contributed by atoms with E-state index in [0.29, 0.717) is 11.7 Å². The van der Waals surface area contributed by atoms with Gasteiger partial charge in [0.2, 0.25) is 5.91 Å². The maximum absolute atomic E-state index is 12.1. The van der Waals surface area contributed by atoms with Gasteiger partial charge < -0.3 is 14.8 Å². The maximum atomic E-state index is 12.1. The van der Waals surface area contributed by atoms with Crippen LogP contribution in [0.25, 0.3) is 0 Å². The third kappa shape index (κ3) is 3.94. The van der Waals surface area contributed by atoms with Gasteiger partial charge in [0.1, 0.15) is 5.82 Å². The average molecular weight is 346 g/mol. The summed E-state index contributed by atoms with van der Waals surface area (Å²) in [6.45, 7) is 3.90. The number of aromatic nitrogens is 3. The van der Waals surface area contributed by atoms with E-state index >= 15 is 0 Å². The molecule has 1 atom stereocenters. The standard InChI is InChI=1S/C14H23N5OS.ClH/c1-18-13(11-5-4-6-15-9-11)16-17-14(18)21-10-12(20)19-7-2-3-8-19;/h11,15H,2-10H2,1H3;1H. The summed E-state index contributed by atoms with van der Waals surface area (Å²) in [5.74, 6) is 2.18. The lowest BCUT2D eigenvalue weighted by Gasteiger charge is -2.21. The molecule has 22 heavy (non-hydrogen) atoms. The van der Waals surface area contributed by atoms with Crippen molar-refractivity contribution in [2.75, 3.05) is 31.9 Å². The highest BCUT2D eigenvalue weighted by Crippen LogP contribution is 2.25. The fourth-order valence-corrected chi connectivity index (χ4v) is 3.88. The fraction of sp³-hybridized carbons (Fsp3) is 0.786. The number of carbonyl (C=O) groups excluding carboxylic acids is 1. The van der Waals surface area contributed by atoms with Gasteiger partial charge in [-0.25, -0.2) is 0 Å². The van der Waals surface area contributed by atoms with E-state index in [1.165, 1.54) is 18.2 Å². The summed E-state index contributed by atoms with van der Waals surface area (Å²) in [6, 6.07) is 0. The molecule has 2 fully saturated rings. The predicted octanol–water partition coefficient (Wildman–Crippen LogP) is 1.42. The minimum atomic E-state index is 0. The second-order valence-corrected chi connectivity index (χ2v) is 6.76. The highest BCUT2D eigenvalue weighted by Gasteiger charge is 2.23. The molecule has 1 unspecified atom stereocenters. The SMILES string of the molecule is Cl.Cn1c(SCC(=O)N2CCCC2)nnc1C1CCCNC1. The zero-order valence-electron chi connectivity index (χ0n) is 13.0. The molecule has 124 valence electrons. The van der Waals surface area contributed by atoms with Crippen LogP contribution in [0.1, 0.15) is 37.4 Å². The van der Waals surface area contributed by atoms with Crippen molar-refractivity contribution in [3.63, 3.8) is 0 Å². The smallest absolute Gasteiger partial charge is 0.233 e. The highest BCUT2D eigenvalue weighted by molar-refractivity contribution is 7.99. The second kappa shape index (κ2) is 8.17. The Morgan fingerprint density at radius 3 is 2.77 bits per heavy atom. The molecule has 0 bridgehead atoms. The van der Waals surface area contributed by atoms with E-state index in [4.69, 9.17) is 0 Å². The highest BCUT2D eigenvalue weighted by atomic mass is 35.5. The van der Waals surface area contributed by atoms with Crippen molar-refractivity contribution in [1.82, 2.24) is 25.0 Å². The van der Waals surface area contributed by atoms with Gasteiger partial charge in [0.25, 0.3) is 0 Å². The first-order valence-electron chi connectivity index (χ1n) is 7.76. The molecular weight excluding hydrogens is 322 g/mol. The van der Waals surface area contributed by atoms with Gasteiger partial charge in [-0.3, -0.25) is 4.79 Å². The van der Waals surface area contributed by atoms with E-state index < -0.39 is 0 Å². The van der Waals surface area contributed by atoms with Crippen molar-refractivity contribution in [2.45, 2.75) is 36.8 Å². The summed E-state index contributed by atoms with van der Waals surface area (Å²) in [5.41, 5.74) is 0. The Morgan fingerprint density at radius 1 is 1.32 bits per heavy atom. The number of hydrogen-bond donors (Lipinski definition) is 1. The van der Waals surface area contributed by atoms with Crippen molar-refractivity contribution >= 4 is 30.1 Å². The summed E-state index contributed by atoms with van der Waals surface area (Å²) < 4.78 is 2.06.